The molecular formula is C21H19NO3. The van der Waals surface area contributed by atoms with Crippen molar-refractivity contribution in [1.82, 2.24) is 4.57 Å². The van der Waals surface area contributed by atoms with Crippen LogP contribution in [0.3, 0.4) is 0 Å². The summed E-state index contributed by atoms with van der Waals surface area (Å²) in [6, 6.07) is 18.1. The second-order valence-corrected chi connectivity index (χ2v) is 6.44. The Morgan fingerprint density at radius 1 is 1.04 bits per heavy atom. The van der Waals surface area contributed by atoms with E-state index in [0.29, 0.717) is 12.1 Å². The number of carbonyl (C=O) groups excluding carboxylic acids is 1. The van der Waals surface area contributed by atoms with Gasteiger partial charge in [0.2, 0.25) is 0 Å². The van der Waals surface area contributed by atoms with Crippen molar-refractivity contribution >= 4 is 22.3 Å². The molecule has 1 atom stereocenters. The minimum atomic E-state index is -0.344. The lowest BCUT2D eigenvalue weighted by atomic mass is 9.95. The van der Waals surface area contributed by atoms with Crippen LogP contribution in [0.25, 0.3) is 16.5 Å². The number of para-hydroxylation sites is 1. The molecule has 0 amide bonds. The summed E-state index contributed by atoms with van der Waals surface area (Å²) in [6.07, 6.45) is 2.14. The van der Waals surface area contributed by atoms with E-state index >= 15 is 0 Å². The summed E-state index contributed by atoms with van der Waals surface area (Å²) < 4.78 is 2.12. The van der Waals surface area contributed by atoms with E-state index in [-0.39, 0.29) is 30.5 Å². The Morgan fingerprint density at radius 2 is 1.76 bits per heavy atom. The zero-order valence-electron chi connectivity index (χ0n) is 13.7. The lowest BCUT2D eigenvalue weighted by Gasteiger charge is -2.10. The SMILES string of the molecule is O=C1CC(CO)C(c2cn(Cc3ccccc3)c3ccccc23)=C1O. The molecule has 1 aliphatic carbocycles. The summed E-state index contributed by atoms with van der Waals surface area (Å²) in [5, 5.41) is 20.9. The standard InChI is InChI=1S/C21H19NO3/c23-13-15-10-19(24)21(25)20(15)17-12-22(11-14-6-2-1-3-7-14)18-9-5-4-8-16(17)18/h1-9,12,15,23,25H,10-11,13H2. The van der Waals surface area contributed by atoms with Gasteiger partial charge in [0.15, 0.2) is 11.5 Å². The zero-order chi connectivity index (χ0) is 17.4. The zero-order valence-corrected chi connectivity index (χ0v) is 13.7. The molecule has 0 fully saturated rings. The molecule has 1 heterocycles. The molecule has 1 unspecified atom stereocenters. The fourth-order valence-electron chi connectivity index (χ4n) is 3.64. The number of benzene rings is 2. The van der Waals surface area contributed by atoms with E-state index in [1.54, 1.807) is 0 Å². The van der Waals surface area contributed by atoms with Gasteiger partial charge in [-0.15, -0.1) is 0 Å². The number of allylic oxidation sites excluding steroid dienone is 1. The van der Waals surface area contributed by atoms with Crippen LogP contribution in [0, 0.1) is 5.92 Å². The largest absolute Gasteiger partial charge is 0.504 e. The maximum atomic E-state index is 11.9. The van der Waals surface area contributed by atoms with Gasteiger partial charge in [-0.1, -0.05) is 48.5 Å². The number of nitrogens with zero attached hydrogens (tertiary/aromatic N) is 1. The summed E-state index contributed by atoms with van der Waals surface area (Å²) in [5.41, 5.74) is 3.61. The third-order valence-electron chi connectivity index (χ3n) is 4.85. The summed E-state index contributed by atoms with van der Waals surface area (Å²) >= 11 is 0. The number of hydrogen-bond acceptors (Lipinski definition) is 3. The molecule has 4 rings (SSSR count). The molecule has 4 heteroatoms. The van der Waals surface area contributed by atoms with E-state index in [2.05, 4.69) is 16.7 Å². The van der Waals surface area contributed by atoms with Crippen LogP contribution in [0.15, 0.2) is 66.6 Å². The van der Waals surface area contributed by atoms with Gasteiger partial charge < -0.3 is 14.8 Å². The van der Waals surface area contributed by atoms with Crippen molar-refractivity contribution in [3.05, 3.63) is 77.7 Å². The van der Waals surface area contributed by atoms with E-state index in [1.165, 1.54) is 5.56 Å². The first-order valence-electron chi connectivity index (χ1n) is 8.38. The third kappa shape index (κ3) is 2.65. The van der Waals surface area contributed by atoms with E-state index < -0.39 is 0 Å². The molecule has 25 heavy (non-hydrogen) atoms. The maximum absolute atomic E-state index is 11.9. The molecule has 0 saturated heterocycles. The number of carbonyl (C=O) groups is 1. The van der Waals surface area contributed by atoms with Crippen LogP contribution in [-0.2, 0) is 11.3 Å². The number of Topliss-reactive ketones (excluding diaryl/α,β-unsaturated/α-hetero) is 1. The minimum absolute atomic E-state index is 0.149. The number of aliphatic hydroxyl groups is 2. The third-order valence-corrected chi connectivity index (χ3v) is 4.85. The highest BCUT2D eigenvalue weighted by molar-refractivity contribution is 6.09. The fourth-order valence-corrected chi connectivity index (χ4v) is 3.64. The van der Waals surface area contributed by atoms with Crippen molar-refractivity contribution in [2.75, 3.05) is 6.61 Å². The first-order valence-corrected chi connectivity index (χ1v) is 8.38. The van der Waals surface area contributed by atoms with Crippen molar-refractivity contribution in [3.63, 3.8) is 0 Å². The first-order chi connectivity index (χ1) is 12.2. The van der Waals surface area contributed by atoms with Crippen LogP contribution in [0.2, 0.25) is 0 Å². The highest BCUT2D eigenvalue weighted by Gasteiger charge is 2.34. The highest BCUT2D eigenvalue weighted by atomic mass is 16.3. The molecule has 0 bridgehead atoms. The van der Waals surface area contributed by atoms with Crippen LogP contribution in [0.1, 0.15) is 17.5 Å². The Morgan fingerprint density at radius 3 is 2.52 bits per heavy atom. The second-order valence-electron chi connectivity index (χ2n) is 6.44. The number of aromatic nitrogens is 1. The minimum Gasteiger partial charge on any atom is -0.504 e. The van der Waals surface area contributed by atoms with Gasteiger partial charge in [0.25, 0.3) is 0 Å². The first kappa shape index (κ1) is 15.7. The molecule has 2 N–H and O–H groups in total. The van der Waals surface area contributed by atoms with Gasteiger partial charge >= 0.3 is 0 Å². The van der Waals surface area contributed by atoms with Crippen LogP contribution in [0.5, 0.6) is 0 Å². The molecule has 3 aromatic rings. The Hall–Kier alpha value is -2.85. The monoisotopic (exact) mass is 333 g/mol. The topological polar surface area (TPSA) is 62.5 Å². The molecule has 0 radical (unpaired) electrons. The van der Waals surface area contributed by atoms with Gasteiger partial charge in [0, 0.05) is 47.1 Å². The summed E-state index contributed by atoms with van der Waals surface area (Å²) in [4.78, 5) is 11.9. The molecule has 126 valence electrons. The van der Waals surface area contributed by atoms with E-state index in [9.17, 15) is 15.0 Å². The van der Waals surface area contributed by atoms with E-state index in [4.69, 9.17) is 0 Å². The Labute approximate surface area is 145 Å². The highest BCUT2D eigenvalue weighted by Crippen LogP contribution is 2.39. The second kappa shape index (κ2) is 6.22. The summed E-state index contributed by atoms with van der Waals surface area (Å²) in [5.74, 6) is -0.848. The smallest absolute Gasteiger partial charge is 0.198 e. The Kier molecular flexibility index (Phi) is 3.90. The number of aliphatic hydroxyl groups excluding tert-OH is 2. The number of hydrogen-bond donors (Lipinski definition) is 2. The van der Waals surface area contributed by atoms with Crippen LogP contribution in [0.4, 0.5) is 0 Å². The molecular weight excluding hydrogens is 314 g/mol. The number of rotatable bonds is 4. The normalized spacial score (nSPS) is 17.6. The van der Waals surface area contributed by atoms with Gasteiger partial charge in [0.05, 0.1) is 6.61 Å². The average molecular weight is 333 g/mol. The molecule has 1 aromatic heterocycles. The van der Waals surface area contributed by atoms with Crippen LogP contribution < -0.4 is 0 Å². The Bertz CT molecular complexity index is 969. The van der Waals surface area contributed by atoms with Crippen molar-refractivity contribution in [3.8, 4) is 0 Å². The lowest BCUT2D eigenvalue weighted by molar-refractivity contribution is -0.117. The molecule has 1 aliphatic rings. The van der Waals surface area contributed by atoms with Crippen molar-refractivity contribution in [1.29, 1.82) is 0 Å². The summed E-state index contributed by atoms with van der Waals surface area (Å²) in [7, 11) is 0. The maximum Gasteiger partial charge on any atom is 0.198 e. The van der Waals surface area contributed by atoms with Crippen LogP contribution in [-0.4, -0.2) is 27.2 Å². The molecule has 2 aromatic carbocycles. The Balaban J connectivity index is 1.87. The summed E-state index contributed by atoms with van der Waals surface area (Å²) in [6.45, 7) is 0.552. The molecule has 0 spiro atoms. The quantitative estimate of drug-likeness (QED) is 0.768. The van der Waals surface area contributed by atoms with Gasteiger partial charge in [0.1, 0.15) is 0 Å². The van der Waals surface area contributed by atoms with E-state index in [0.717, 1.165) is 16.5 Å². The average Bonchev–Trinajstić information content (AvgIpc) is 3.14. The van der Waals surface area contributed by atoms with Crippen LogP contribution >= 0.6 is 0 Å². The number of fused-ring (bicyclic) bond motifs is 1. The van der Waals surface area contributed by atoms with Crippen molar-refractivity contribution in [2.45, 2.75) is 13.0 Å². The van der Waals surface area contributed by atoms with Gasteiger partial charge in [-0.2, -0.15) is 0 Å². The predicted molar refractivity (Wildman–Crippen MR) is 97.2 cm³/mol. The predicted octanol–water partition coefficient (Wildman–Crippen LogP) is 3.54. The van der Waals surface area contributed by atoms with Crippen molar-refractivity contribution in [2.24, 2.45) is 5.92 Å². The molecule has 4 nitrogen and oxygen atoms in total. The van der Waals surface area contributed by atoms with Gasteiger partial charge in [-0.05, 0) is 11.6 Å². The lowest BCUT2D eigenvalue weighted by Crippen LogP contribution is -2.05. The van der Waals surface area contributed by atoms with E-state index in [1.807, 2.05) is 48.7 Å². The van der Waals surface area contributed by atoms with Crippen molar-refractivity contribution < 1.29 is 15.0 Å². The number of ketones is 1. The van der Waals surface area contributed by atoms with Gasteiger partial charge in [-0.25, -0.2) is 0 Å². The molecule has 0 saturated carbocycles. The fraction of sp³-hybridized carbons (Fsp3) is 0.190. The van der Waals surface area contributed by atoms with Gasteiger partial charge in [-0.3, -0.25) is 4.79 Å². The molecule has 0 aliphatic heterocycles.